The van der Waals surface area contributed by atoms with E-state index >= 15 is 0 Å². The molecule has 140 valence electrons. The quantitative estimate of drug-likeness (QED) is 0.721. The van der Waals surface area contributed by atoms with Crippen molar-refractivity contribution >= 4 is 23.4 Å². The van der Waals surface area contributed by atoms with Gasteiger partial charge in [0.05, 0.1) is 11.5 Å². The standard InChI is InChI=1S/C20H21N3O4/c1-12-6-5-8-16(13(12)2)23-11-14(10-18(23)25)19(26)21-22-20(27)15-7-3-4-9-17(15)24/h3-9,14,24H,10-11H2,1-2H3,(H,21,26)(H,22,27)/t14-/m1/s1. The number of phenols is 1. The highest BCUT2D eigenvalue weighted by Gasteiger charge is 2.36. The molecular formula is C20H21N3O4. The average molecular weight is 367 g/mol. The molecule has 3 amide bonds. The van der Waals surface area contributed by atoms with Crippen LogP contribution in [0.1, 0.15) is 27.9 Å². The molecule has 0 radical (unpaired) electrons. The van der Waals surface area contributed by atoms with Gasteiger partial charge in [0, 0.05) is 18.7 Å². The summed E-state index contributed by atoms with van der Waals surface area (Å²) in [6.07, 6.45) is 0.0751. The number of nitrogens with one attached hydrogen (secondary N) is 2. The second-order valence-electron chi connectivity index (χ2n) is 6.58. The van der Waals surface area contributed by atoms with Gasteiger partial charge in [0.25, 0.3) is 5.91 Å². The Labute approximate surface area is 157 Å². The van der Waals surface area contributed by atoms with Crippen molar-refractivity contribution < 1.29 is 19.5 Å². The van der Waals surface area contributed by atoms with Crippen LogP contribution < -0.4 is 15.8 Å². The number of carbonyl (C=O) groups excluding carboxylic acids is 3. The predicted octanol–water partition coefficient (Wildman–Crippen LogP) is 1.82. The van der Waals surface area contributed by atoms with Gasteiger partial charge >= 0.3 is 0 Å². The van der Waals surface area contributed by atoms with E-state index in [2.05, 4.69) is 10.9 Å². The molecule has 1 heterocycles. The molecule has 0 saturated carbocycles. The number of aromatic hydroxyl groups is 1. The third-order valence-corrected chi connectivity index (χ3v) is 4.81. The van der Waals surface area contributed by atoms with Crippen molar-refractivity contribution in [1.82, 2.24) is 10.9 Å². The lowest BCUT2D eigenvalue weighted by atomic mass is 10.1. The van der Waals surface area contributed by atoms with Gasteiger partial charge in [-0.2, -0.15) is 0 Å². The smallest absolute Gasteiger partial charge is 0.273 e. The Morgan fingerprint density at radius 1 is 1.07 bits per heavy atom. The molecule has 1 aliphatic heterocycles. The van der Waals surface area contributed by atoms with Gasteiger partial charge in [-0.15, -0.1) is 0 Å². The maximum absolute atomic E-state index is 12.4. The summed E-state index contributed by atoms with van der Waals surface area (Å²) in [4.78, 5) is 38.4. The van der Waals surface area contributed by atoms with Gasteiger partial charge in [0.2, 0.25) is 11.8 Å². The zero-order valence-electron chi connectivity index (χ0n) is 15.2. The minimum atomic E-state index is -0.628. The van der Waals surface area contributed by atoms with E-state index in [1.54, 1.807) is 17.0 Å². The second-order valence-corrected chi connectivity index (χ2v) is 6.58. The predicted molar refractivity (Wildman–Crippen MR) is 100 cm³/mol. The maximum Gasteiger partial charge on any atom is 0.273 e. The van der Waals surface area contributed by atoms with Crippen LogP contribution in [0.15, 0.2) is 42.5 Å². The van der Waals surface area contributed by atoms with Crippen molar-refractivity contribution in [3.63, 3.8) is 0 Å². The van der Waals surface area contributed by atoms with Crippen LogP contribution in [0.4, 0.5) is 5.69 Å². The molecule has 2 aromatic rings. The molecule has 1 fully saturated rings. The molecule has 3 N–H and O–H groups in total. The first kappa shape index (κ1) is 18.4. The molecule has 2 aromatic carbocycles. The van der Waals surface area contributed by atoms with E-state index in [4.69, 9.17) is 0 Å². The zero-order chi connectivity index (χ0) is 19.6. The third kappa shape index (κ3) is 3.76. The zero-order valence-corrected chi connectivity index (χ0v) is 15.2. The molecule has 1 aliphatic rings. The highest BCUT2D eigenvalue weighted by molar-refractivity contribution is 6.02. The molecule has 0 spiro atoms. The number of hydrogen-bond acceptors (Lipinski definition) is 4. The molecule has 0 aromatic heterocycles. The molecule has 0 aliphatic carbocycles. The first-order chi connectivity index (χ1) is 12.9. The van der Waals surface area contributed by atoms with Crippen molar-refractivity contribution in [2.24, 2.45) is 5.92 Å². The third-order valence-electron chi connectivity index (χ3n) is 4.81. The van der Waals surface area contributed by atoms with Crippen molar-refractivity contribution in [3.8, 4) is 5.75 Å². The van der Waals surface area contributed by atoms with E-state index in [-0.39, 0.29) is 30.2 Å². The molecule has 27 heavy (non-hydrogen) atoms. The van der Waals surface area contributed by atoms with Crippen molar-refractivity contribution in [2.45, 2.75) is 20.3 Å². The first-order valence-corrected chi connectivity index (χ1v) is 8.63. The number of anilines is 1. The second kappa shape index (κ2) is 7.49. The van der Waals surface area contributed by atoms with Crippen molar-refractivity contribution in [2.75, 3.05) is 11.4 Å². The summed E-state index contributed by atoms with van der Waals surface area (Å²) >= 11 is 0. The van der Waals surface area contributed by atoms with E-state index in [0.717, 1.165) is 16.8 Å². The molecule has 0 unspecified atom stereocenters. The van der Waals surface area contributed by atoms with Crippen LogP contribution in [0.25, 0.3) is 0 Å². The van der Waals surface area contributed by atoms with E-state index < -0.39 is 17.7 Å². The molecule has 0 bridgehead atoms. The molecule has 3 rings (SSSR count). The van der Waals surface area contributed by atoms with E-state index in [0.29, 0.717) is 0 Å². The Bertz CT molecular complexity index is 910. The fourth-order valence-electron chi connectivity index (χ4n) is 3.10. The molecule has 7 heteroatoms. The summed E-state index contributed by atoms with van der Waals surface area (Å²) in [5, 5.41) is 9.68. The van der Waals surface area contributed by atoms with Gasteiger partial charge in [-0.25, -0.2) is 0 Å². The van der Waals surface area contributed by atoms with Crippen LogP contribution in [0.2, 0.25) is 0 Å². The Hall–Kier alpha value is -3.35. The number of rotatable bonds is 3. The lowest BCUT2D eigenvalue weighted by Gasteiger charge is -2.20. The minimum Gasteiger partial charge on any atom is -0.507 e. The summed E-state index contributed by atoms with van der Waals surface area (Å²) in [5.74, 6) is -1.95. The number of aryl methyl sites for hydroxylation is 1. The Morgan fingerprint density at radius 3 is 2.56 bits per heavy atom. The minimum absolute atomic E-state index is 0.0531. The van der Waals surface area contributed by atoms with Crippen LogP contribution in [0.5, 0.6) is 5.75 Å². The van der Waals surface area contributed by atoms with Crippen LogP contribution in [0, 0.1) is 19.8 Å². The Kier molecular flexibility index (Phi) is 5.12. The van der Waals surface area contributed by atoms with Crippen molar-refractivity contribution in [1.29, 1.82) is 0 Å². The molecule has 1 saturated heterocycles. The lowest BCUT2D eigenvalue weighted by molar-refractivity contribution is -0.126. The fourth-order valence-corrected chi connectivity index (χ4v) is 3.10. The maximum atomic E-state index is 12.4. The Morgan fingerprint density at radius 2 is 1.81 bits per heavy atom. The highest BCUT2D eigenvalue weighted by atomic mass is 16.3. The molecule has 1 atom stereocenters. The number of hydrazine groups is 1. The molecular weight excluding hydrogens is 346 g/mol. The Balaban J connectivity index is 1.63. The fraction of sp³-hybridized carbons (Fsp3) is 0.250. The van der Waals surface area contributed by atoms with Crippen LogP contribution in [0.3, 0.4) is 0 Å². The molecule has 7 nitrogen and oxygen atoms in total. The van der Waals surface area contributed by atoms with Gasteiger partial charge in [-0.3, -0.25) is 25.2 Å². The number of phenolic OH excluding ortho intramolecular Hbond substituents is 1. The van der Waals surface area contributed by atoms with Crippen LogP contribution in [-0.4, -0.2) is 29.4 Å². The summed E-state index contributed by atoms with van der Waals surface area (Å²) < 4.78 is 0. The highest BCUT2D eigenvalue weighted by Crippen LogP contribution is 2.29. The van der Waals surface area contributed by atoms with Gasteiger partial charge < -0.3 is 10.0 Å². The number of para-hydroxylation sites is 1. The van der Waals surface area contributed by atoms with Gasteiger partial charge in [-0.05, 0) is 43.2 Å². The van der Waals surface area contributed by atoms with Gasteiger partial charge in [0.15, 0.2) is 0 Å². The van der Waals surface area contributed by atoms with Crippen LogP contribution >= 0.6 is 0 Å². The van der Waals surface area contributed by atoms with E-state index in [9.17, 15) is 19.5 Å². The number of carbonyl (C=O) groups is 3. The topological polar surface area (TPSA) is 98.7 Å². The number of hydrogen-bond donors (Lipinski definition) is 3. The SMILES string of the molecule is Cc1cccc(N2C[C@H](C(=O)NNC(=O)c3ccccc3O)CC2=O)c1C. The largest absolute Gasteiger partial charge is 0.507 e. The van der Waals surface area contributed by atoms with Gasteiger partial charge in [-0.1, -0.05) is 24.3 Å². The average Bonchev–Trinajstić information content (AvgIpc) is 3.04. The number of benzene rings is 2. The van der Waals surface area contributed by atoms with Crippen molar-refractivity contribution in [3.05, 3.63) is 59.2 Å². The summed E-state index contributed by atoms with van der Waals surface area (Å²) in [6, 6.07) is 11.7. The van der Waals surface area contributed by atoms with E-state index in [1.165, 1.54) is 12.1 Å². The normalized spacial score (nSPS) is 16.3. The summed E-state index contributed by atoms with van der Waals surface area (Å²) in [7, 11) is 0. The summed E-state index contributed by atoms with van der Waals surface area (Å²) in [6.45, 7) is 4.16. The number of amides is 3. The summed E-state index contributed by atoms with van der Waals surface area (Å²) in [5.41, 5.74) is 7.54. The first-order valence-electron chi connectivity index (χ1n) is 8.63. The van der Waals surface area contributed by atoms with E-state index in [1.807, 2.05) is 32.0 Å². The van der Waals surface area contributed by atoms with Gasteiger partial charge in [0.1, 0.15) is 5.75 Å². The lowest BCUT2D eigenvalue weighted by Crippen LogP contribution is -2.45. The monoisotopic (exact) mass is 367 g/mol. The number of nitrogens with zero attached hydrogens (tertiary/aromatic N) is 1. The van der Waals surface area contributed by atoms with Crippen LogP contribution in [-0.2, 0) is 9.59 Å².